The van der Waals surface area contributed by atoms with Crippen LogP contribution in [0.15, 0.2) is 71.3 Å². The molecule has 0 radical (unpaired) electrons. The molecule has 7 heteroatoms. The monoisotopic (exact) mass is 511 g/mol. The van der Waals surface area contributed by atoms with E-state index in [1.807, 2.05) is 75.3 Å². The summed E-state index contributed by atoms with van der Waals surface area (Å²) in [7, 11) is 1.65. The van der Waals surface area contributed by atoms with E-state index in [4.69, 9.17) is 25.9 Å². The molecule has 0 unspecified atom stereocenters. The molecule has 1 N–H and O–H groups in total. The van der Waals surface area contributed by atoms with Crippen molar-refractivity contribution < 1.29 is 24.2 Å². The van der Waals surface area contributed by atoms with Gasteiger partial charge in [0.15, 0.2) is 0 Å². The van der Waals surface area contributed by atoms with Crippen LogP contribution in [0.1, 0.15) is 30.0 Å². The summed E-state index contributed by atoms with van der Waals surface area (Å²) in [6.07, 6.45) is 8.50. The zero-order chi connectivity index (χ0) is 26.5. The Balaban J connectivity index is 0.00000222. The van der Waals surface area contributed by atoms with E-state index >= 15 is 0 Å². The molecule has 0 bridgehead atoms. The molecule has 0 aliphatic heterocycles. The Hall–Kier alpha value is -3.35. The van der Waals surface area contributed by atoms with Gasteiger partial charge in [-0.1, -0.05) is 59.7 Å². The first-order valence-electron chi connectivity index (χ1n) is 11.8. The highest BCUT2D eigenvalue weighted by atomic mass is 35.5. The second kappa shape index (κ2) is 14.9. The van der Waals surface area contributed by atoms with Crippen LogP contribution in [0.2, 0.25) is 0 Å². The van der Waals surface area contributed by atoms with Gasteiger partial charge in [-0.2, -0.15) is 0 Å². The number of aryl methyl sites for hydroxylation is 1. The minimum Gasteiger partial charge on any atom is -0.496 e. The standard InChI is InChI=1S/C28H32ClNO4.CH2O/c1-4-30(28(32)34-19-22-6-5-7-24(29)12-9-22)18-23-11-8-20(2)16-25(23)26-17-21(14-15-31)10-13-27(26)33-3;1-2/h6-13,16-17,31H,4-5,14-15,18-19H2,1-3H3;1H2. The van der Waals surface area contributed by atoms with Crippen LogP contribution < -0.4 is 4.74 Å². The first kappa shape index (κ1) is 28.9. The second-order valence-corrected chi connectivity index (χ2v) is 8.61. The molecule has 0 heterocycles. The number of carbonyl (C=O) groups excluding carboxylic acids is 2. The fraction of sp³-hybridized carbons (Fsp3) is 0.310. The van der Waals surface area contributed by atoms with E-state index in [1.54, 1.807) is 12.0 Å². The minimum absolute atomic E-state index is 0.0792. The third-order valence-electron chi connectivity index (χ3n) is 5.73. The average Bonchev–Trinajstić information content (AvgIpc) is 3.11. The number of carbonyl (C=O) groups is 2. The number of allylic oxidation sites excluding steroid dienone is 4. The van der Waals surface area contributed by atoms with Crippen molar-refractivity contribution >= 4 is 24.5 Å². The number of aliphatic hydroxyl groups excluding tert-OH is 1. The van der Waals surface area contributed by atoms with E-state index in [1.165, 1.54) is 0 Å². The summed E-state index contributed by atoms with van der Waals surface area (Å²) in [5.41, 5.74) is 5.98. The lowest BCUT2D eigenvalue weighted by atomic mass is 9.94. The third kappa shape index (κ3) is 8.11. The van der Waals surface area contributed by atoms with Crippen molar-refractivity contribution in [2.45, 2.75) is 33.2 Å². The second-order valence-electron chi connectivity index (χ2n) is 8.17. The van der Waals surface area contributed by atoms with E-state index in [2.05, 4.69) is 6.07 Å². The number of methoxy groups -OCH3 is 1. The summed E-state index contributed by atoms with van der Waals surface area (Å²) >= 11 is 6.04. The molecule has 0 saturated heterocycles. The summed E-state index contributed by atoms with van der Waals surface area (Å²) < 4.78 is 11.2. The normalized spacial score (nSPS) is 12.5. The Morgan fingerprint density at radius 3 is 2.58 bits per heavy atom. The molecule has 2 aromatic carbocycles. The van der Waals surface area contributed by atoms with Crippen LogP contribution in [-0.2, 0) is 22.5 Å². The van der Waals surface area contributed by atoms with Gasteiger partial charge in [-0.25, -0.2) is 4.79 Å². The van der Waals surface area contributed by atoms with Gasteiger partial charge in [-0.05, 0) is 67.2 Å². The Labute approximate surface area is 218 Å². The first-order valence-corrected chi connectivity index (χ1v) is 12.1. The van der Waals surface area contributed by atoms with Crippen LogP contribution in [0.3, 0.4) is 0 Å². The summed E-state index contributed by atoms with van der Waals surface area (Å²) in [5, 5.41) is 10.1. The van der Waals surface area contributed by atoms with Crippen molar-refractivity contribution in [3.05, 3.63) is 88.0 Å². The predicted octanol–water partition coefficient (Wildman–Crippen LogP) is 5.99. The van der Waals surface area contributed by atoms with Gasteiger partial charge in [0.2, 0.25) is 0 Å². The van der Waals surface area contributed by atoms with Crippen LogP contribution >= 0.6 is 11.6 Å². The molecule has 36 heavy (non-hydrogen) atoms. The van der Waals surface area contributed by atoms with Gasteiger partial charge in [0.05, 0.1) is 7.11 Å². The highest BCUT2D eigenvalue weighted by molar-refractivity contribution is 6.31. The molecule has 0 saturated carbocycles. The molecule has 6 nitrogen and oxygen atoms in total. The Kier molecular flexibility index (Phi) is 12.0. The molecule has 0 spiro atoms. The summed E-state index contributed by atoms with van der Waals surface area (Å²) in [5.74, 6) is 0.749. The van der Waals surface area contributed by atoms with Gasteiger partial charge < -0.3 is 24.3 Å². The van der Waals surface area contributed by atoms with Crippen molar-refractivity contribution in [3.63, 3.8) is 0 Å². The van der Waals surface area contributed by atoms with Crippen LogP contribution in [0.25, 0.3) is 11.1 Å². The third-order valence-corrected chi connectivity index (χ3v) is 6.01. The molecule has 3 rings (SSSR count). The van der Waals surface area contributed by atoms with Gasteiger partial charge >= 0.3 is 6.09 Å². The van der Waals surface area contributed by atoms with Crippen LogP contribution in [-0.4, -0.2) is 49.8 Å². The largest absolute Gasteiger partial charge is 0.496 e. The molecule has 0 fully saturated rings. The number of benzene rings is 2. The molecule has 1 amide bonds. The zero-order valence-corrected chi connectivity index (χ0v) is 21.9. The lowest BCUT2D eigenvalue weighted by Crippen LogP contribution is -2.31. The Morgan fingerprint density at radius 1 is 1.11 bits per heavy atom. The van der Waals surface area contributed by atoms with Gasteiger partial charge in [0.25, 0.3) is 0 Å². The van der Waals surface area contributed by atoms with Crippen molar-refractivity contribution in [2.75, 3.05) is 26.9 Å². The number of aliphatic hydroxyl groups is 1. The number of amides is 1. The highest BCUT2D eigenvalue weighted by Crippen LogP contribution is 2.35. The molecule has 192 valence electrons. The smallest absolute Gasteiger partial charge is 0.410 e. The van der Waals surface area contributed by atoms with Crippen LogP contribution in [0.4, 0.5) is 4.79 Å². The maximum absolute atomic E-state index is 12.9. The number of rotatable bonds is 9. The van der Waals surface area contributed by atoms with E-state index in [0.29, 0.717) is 31.0 Å². The Bertz CT molecular complexity index is 1120. The lowest BCUT2D eigenvalue weighted by Gasteiger charge is -2.23. The van der Waals surface area contributed by atoms with Crippen LogP contribution in [0.5, 0.6) is 5.75 Å². The van der Waals surface area contributed by atoms with Crippen molar-refractivity contribution in [3.8, 4) is 16.9 Å². The minimum atomic E-state index is -0.368. The SMILES string of the molecule is C=O.CCN(Cc1ccc(C)cc1-c1cc(CCO)ccc1OC)C(=O)OCC1=CCC=C(Cl)C=C1. The van der Waals surface area contributed by atoms with Gasteiger partial charge in [0, 0.05) is 30.3 Å². The molecule has 0 aromatic heterocycles. The first-order chi connectivity index (χ1) is 17.4. The summed E-state index contributed by atoms with van der Waals surface area (Å²) in [6.45, 7) is 7.17. The lowest BCUT2D eigenvalue weighted by molar-refractivity contribution is -0.0980. The Morgan fingerprint density at radius 2 is 1.89 bits per heavy atom. The van der Waals surface area contributed by atoms with E-state index in [-0.39, 0.29) is 19.3 Å². The average molecular weight is 512 g/mol. The number of ether oxygens (including phenoxy) is 2. The fourth-order valence-corrected chi connectivity index (χ4v) is 3.98. The van der Waals surface area contributed by atoms with Gasteiger partial charge in [0.1, 0.15) is 19.1 Å². The van der Waals surface area contributed by atoms with E-state index in [0.717, 1.165) is 39.1 Å². The number of hydrogen-bond acceptors (Lipinski definition) is 5. The van der Waals surface area contributed by atoms with Crippen molar-refractivity contribution in [2.24, 2.45) is 0 Å². The number of nitrogens with zero attached hydrogens (tertiary/aromatic N) is 1. The van der Waals surface area contributed by atoms with Gasteiger partial charge in [-0.3, -0.25) is 0 Å². The molecule has 2 aromatic rings. The summed E-state index contributed by atoms with van der Waals surface area (Å²) in [4.78, 5) is 22.6. The van der Waals surface area contributed by atoms with Crippen LogP contribution in [0, 0.1) is 6.92 Å². The van der Waals surface area contributed by atoms with Gasteiger partial charge in [-0.15, -0.1) is 0 Å². The zero-order valence-electron chi connectivity index (χ0n) is 21.1. The maximum atomic E-state index is 12.9. The quantitative estimate of drug-likeness (QED) is 0.447. The number of halogens is 1. The van der Waals surface area contributed by atoms with E-state index < -0.39 is 0 Å². The fourth-order valence-electron chi connectivity index (χ4n) is 3.83. The van der Waals surface area contributed by atoms with Crippen molar-refractivity contribution in [1.29, 1.82) is 0 Å². The topological polar surface area (TPSA) is 76.1 Å². The molecule has 0 atom stereocenters. The van der Waals surface area contributed by atoms with Crippen molar-refractivity contribution in [1.82, 2.24) is 4.90 Å². The molecular weight excluding hydrogens is 478 g/mol. The maximum Gasteiger partial charge on any atom is 0.410 e. The molecule has 1 aliphatic carbocycles. The highest BCUT2D eigenvalue weighted by Gasteiger charge is 2.18. The molecule has 1 aliphatic rings. The van der Waals surface area contributed by atoms with E-state index in [9.17, 15) is 9.90 Å². The number of hydrogen-bond donors (Lipinski definition) is 1. The summed E-state index contributed by atoms with van der Waals surface area (Å²) in [6, 6.07) is 12.1. The molecular formula is C29H34ClNO5. The predicted molar refractivity (Wildman–Crippen MR) is 144 cm³/mol.